The number of hydrogen-bond donors (Lipinski definition) is 1. The van der Waals surface area contributed by atoms with Crippen molar-refractivity contribution in [3.05, 3.63) is 17.7 Å². The minimum atomic E-state index is 0.283. The Kier molecular flexibility index (Phi) is 5.09. The maximum absolute atomic E-state index is 6.03. The Bertz CT molecular complexity index is 426. The minimum absolute atomic E-state index is 0.283. The van der Waals surface area contributed by atoms with Gasteiger partial charge < -0.3 is 19.9 Å². The number of nitrogens with two attached hydrogens (primary N) is 1. The van der Waals surface area contributed by atoms with Gasteiger partial charge in [-0.2, -0.15) is 0 Å². The Morgan fingerprint density at radius 2 is 1.80 bits per heavy atom. The summed E-state index contributed by atoms with van der Waals surface area (Å²) in [5.41, 5.74) is 7.17. The van der Waals surface area contributed by atoms with Crippen molar-refractivity contribution in [2.24, 2.45) is 5.73 Å². The molecule has 2 N–H and O–H groups in total. The number of methoxy groups -OCH3 is 3. The van der Waals surface area contributed by atoms with Gasteiger partial charge in [-0.15, -0.1) is 0 Å². The minimum Gasteiger partial charge on any atom is -0.493 e. The van der Waals surface area contributed by atoms with Crippen LogP contribution < -0.4 is 19.9 Å². The van der Waals surface area contributed by atoms with E-state index in [-0.39, 0.29) is 6.04 Å². The molecular formula is C15H24N2O3. The molecule has 0 bridgehead atoms. The van der Waals surface area contributed by atoms with Crippen LogP contribution in [0.25, 0.3) is 0 Å². The second-order valence-corrected chi connectivity index (χ2v) is 5.17. The molecule has 0 aromatic heterocycles. The summed E-state index contributed by atoms with van der Waals surface area (Å²) in [4.78, 5) is 2.37. The summed E-state index contributed by atoms with van der Waals surface area (Å²) in [5, 5.41) is 0. The predicted molar refractivity (Wildman–Crippen MR) is 78.6 cm³/mol. The summed E-state index contributed by atoms with van der Waals surface area (Å²) >= 11 is 0. The van der Waals surface area contributed by atoms with Gasteiger partial charge in [0.15, 0.2) is 11.5 Å². The fraction of sp³-hybridized carbons (Fsp3) is 0.600. The monoisotopic (exact) mass is 280 g/mol. The summed E-state index contributed by atoms with van der Waals surface area (Å²) in [5.74, 6) is 2.03. The van der Waals surface area contributed by atoms with Gasteiger partial charge in [0.05, 0.1) is 21.3 Å². The zero-order valence-electron chi connectivity index (χ0n) is 12.5. The van der Waals surface area contributed by atoms with Gasteiger partial charge in [-0.25, -0.2) is 0 Å². The largest absolute Gasteiger partial charge is 0.493 e. The molecule has 5 heteroatoms. The first-order chi connectivity index (χ1) is 9.67. The molecule has 1 aliphatic rings. The van der Waals surface area contributed by atoms with E-state index in [0.717, 1.165) is 38.0 Å². The van der Waals surface area contributed by atoms with Gasteiger partial charge in [0.1, 0.15) is 0 Å². The highest BCUT2D eigenvalue weighted by atomic mass is 16.5. The molecule has 1 atom stereocenters. The molecule has 20 heavy (non-hydrogen) atoms. The van der Waals surface area contributed by atoms with E-state index in [1.165, 1.54) is 0 Å². The highest BCUT2D eigenvalue weighted by Gasteiger charge is 2.19. The second-order valence-electron chi connectivity index (χ2n) is 5.17. The van der Waals surface area contributed by atoms with Crippen LogP contribution in [0.4, 0.5) is 0 Å². The predicted octanol–water partition coefficient (Wildman–Crippen LogP) is 1.64. The zero-order chi connectivity index (χ0) is 14.5. The van der Waals surface area contributed by atoms with Crippen molar-refractivity contribution >= 4 is 0 Å². The Hall–Kier alpha value is -1.46. The number of likely N-dealkylation sites (tertiary alicyclic amines) is 1. The van der Waals surface area contributed by atoms with Gasteiger partial charge in [0.25, 0.3) is 0 Å². The summed E-state index contributed by atoms with van der Waals surface area (Å²) in [6, 6.07) is 4.29. The third-order valence-corrected chi connectivity index (χ3v) is 3.67. The molecular weight excluding hydrogens is 256 g/mol. The number of nitrogens with zero attached hydrogens (tertiary/aromatic N) is 1. The Morgan fingerprint density at radius 1 is 1.15 bits per heavy atom. The van der Waals surface area contributed by atoms with E-state index in [0.29, 0.717) is 17.2 Å². The van der Waals surface area contributed by atoms with Crippen molar-refractivity contribution in [3.63, 3.8) is 0 Å². The number of piperidine rings is 1. The number of hydrogen-bond acceptors (Lipinski definition) is 5. The number of rotatable bonds is 5. The molecule has 2 rings (SSSR count). The normalized spacial score (nSPS) is 19.7. The van der Waals surface area contributed by atoms with Crippen LogP contribution in [-0.2, 0) is 6.54 Å². The number of ether oxygens (including phenoxy) is 3. The van der Waals surface area contributed by atoms with Crippen LogP contribution >= 0.6 is 0 Å². The van der Waals surface area contributed by atoms with Gasteiger partial charge in [-0.1, -0.05) is 0 Å². The average molecular weight is 280 g/mol. The lowest BCUT2D eigenvalue weighted by Gasteiger charge is -2.30. The third-order valence-electron chi connectivity index (χ3n) is 3.67. The van der Waals surface area contributed by atoms with Crippen molar-refractivity contribution in [2.75, 3.05) is 34.4 Å². The Labute approximate surface area is 120 Å². The van der Waals surface area contributed by atoms with Gasteiger partial charge in [0.2, 0.25) is 5.75 Å². The molecule has 1 aromatic carbocycles. The molecule has 1 fully saturated rings. The third kappa shape index (κ3) is 3.35. The lowest BCUT2D eigenvalue weighted by molar-refractivity contribution is 0.201. The fourth-order valence-corrected chi connectivity index (χ4v) is 2.72. The van der Waals surface area contributed by atoms with Gasteiger partial charge in [0, 0.05) is 19.1 Å². The average Bonchev–Trinajstić information content (AvgIpc) is 2.46. The lowest BCUT2D eigenvalue weighted by Crippen LogP contribution is -2.42. The topological polar surface area (TPSA) is 57.0 Å². The standard InChI is InChI=1S/C15H24N2O3/c1-18-13-7-11(8-14(19-2)15(13)20-3)9-17-6-4-5-12(16)10-17/h7-8,12H,4-6,9-10,16H2,1-3H3/t12-/m1/s1. The Morgan fingerprint density at radius 3 is 2.30 bits per heavy atom. The quantitative estimate of drug-likeness (QED) is 0.888. The van der Waals surface area contributed by atoms with E-state index in [2.05, 4.69) is 4.90 Å². The number of benzene rings is 1. The van der Waals surface area contributed by atoms with Gasteiger partial charge >= 0.3 is 0 Å². The Balaban J connectivity index is 2.19. The van der Waals surface area contributed by atoms with Crippen LogP contribution in [0, 0.1) is 0 Å². The molecule has 0 aliphatic carbocycles. The van der Waals surface area contributed by atoms with Gasteiger partial charge in [-0.05, 0) is 37.1 Å². The summed E-state index contributed by atoms with van der Waals surface area (Å²) in [7, 11) is 4.89. The SMILES string of the molecule is COc1cc(CN2CCC[C@@H](N)C2)cc(OC)c1OC. The summed E-state index contributed by atoms with van der Waals surface area (Å²) < 4.78 is 16.1. The van der Waals surface area contributed by atoms with E-state index in [9.17, 15) is 0 Å². The second kappa shape index (κ2) is 6.81. The first kappa shape index (κ1) is 14.9. The highest BCUT2D eigenvalue weighted by molar-refractivity contribution is 5.53. The van der Waals surface area contributed by atoms with Crippen LogP contribution in [0.2, 0.25) is 0 Å². The van der Waals surface area contributed by atoms with Crippen molar-refractivity contribution in [1.29, 1.82) is 0 Å². The van der Waals surface area contributed by atoms with Crippen molar-refractivity contribution < 1.29 is 14.2 Å². The van der Waals surface area contributed by atoms with Crippen molar-refractivity contribution in [2.45, 2.75) is 25.4 Å². The van der Waals surface area contributed by atoms with Gasteiger partial charge in [-0.3, -0.25) is 4.90 Å². The van der Waals surface area contributed by atoms with Crippen LogP contribution in [0.5, 0.6) is 17.2 Å². The first-order valence-electron chi connectivity index (χ1n) is 6.94. The summed E-state index contributed by atoms with van der Waals surface area (Å²) in [6.45, 7) is 2.88. The smallest absolute Gasteiger partial charge is 0.203 e. The molecule has 112 valence electrons. The first-order valence-corrected chi connectivity index (χ1v) is 6.94. The molecule has 1 heterocycles. The molecule has 5 nitrogen and oxygen atoms in total. The zero-order valence-corrected chi connectivity index (χ0v) is 12.5. The van der Waals surface area contributed by atoms with Crippen LogP contribution in [-0.4, -0.2) is 45.4 Å². The van der Waals surface area contributed by atoms with E-state index >= 15 is 0 Å². The van der Waals surface area contributed by atoms with E-state index in [4.69, 9.17) is 19.9 Å². The molecule has 0 radical (unpaired) electrons. The molecule has 0 amide bonds. The van der Waals surface area contributed by atoms with E-state index < -0.39 is 0 Å². The maximum atomic E-state index is 6.03. The molecule has 1 saturated heterocycles. The molecule has 1 aromatic rings. The van der Waals surface area contributed by atoms with Crippen LogP contribution in [0.15, 0.2) is 12.1 Å². The van der Waals surface area contributed by atoms with Crippen LogP contribution in [0.1, 0.15) is 18.4 Å². The fourth-order valence-electron chi connectivity index (χ4n) is 2.72. The molecule has 0 unspecified atom stereocenters. The highest BCUT2D eigenvalue weighted by Crippen LogP contribution is 2.38. The van der Waals surface area contributed by atoms with Crippen molar-refractivity contribution in [3.8, 4) is 17.2 Å². The van der Waals surface area contributed by atoms with Crippen molar-refractivity contribution in [1.82, 2.24) is 4.90 Å². The van der Waals surface area contributed by atoms with E-state index in [1.807, 2.05) is 12.1 Å². The van der Waals surface area contributed by atoms with E-state index in [1.54, 1.807) is 21.3 Å². The molecule has 0 spiro atoms. The molecule has 0 saturated carbocycles. The summed E-state index contributed by atoms with van der Waals surface area (Å²) in [6.07, 6.45) is 2.28. The molecule has 1 aliphatic heterocycles. The van der Waals surface area contributed by atoms with Crippen LogP contribution in [0.3, 0.4) is 0 Å². The lowest BCUT2D eigenvalue weighted by atomic mass is 10.1. The maximum Gasteiger partial charge on any atom is 0.203 e.